The molecule has 0 spiro atoms. The highest BCUT2D eigenvalue weighted by Crippen LogP contribution is 2.24. The van der Waals surface area contributed by atoms with E-state index in [0.717, 1.165) is 30.0 Å². The van der Waals surface area contributed by atoms with Gasteiger partial charge in [0.2, 0.25) is 10.0 Å². The predicted octanol–water partition coefficient (Wildman–Crippen LogP) is 4.23. The molecule has 3 aromatic carbocycles. The molecule has 28 heavy (non-hydrogen) atoms. The highest BCUT2D eigenvalue weighted by atomic mass is 32.2. The van der Waals surface area contributed by atoms with Crippen molar-refractivity contribution in [3.05, 3.63) is 72.3 Å². The summed E-state index contributed by atoms with van der Waals surface area (Å²) in [6, 6.07) is 19.3. The second-order valence-corrected chi connectivity index (χ2v) is 8.83. The molecular weight excluding hydrogens is 374 g/mol. The summed E-state index contributed by atoms with van der Waals surface area (Å²) in [7, 11) is -3.59. The van der Waals surface area contributed by atoms with Crippen LogP contribution in [0, 0.1) is 0 Å². The molecule has 1 fully saturated rings. The maximum absolute atomic E-state index is 12.8. The Morgan fingerprint density at radius 3 is 2.36 bits per heavy atom. The van der Waals surface area contributed by atoms with E-state index in [9.17, 15) is 13.2 Å². The van der Waals surface area contributed by atoms with E-state index in [1.807, 2.05) is 30.3 Å². The molecule has 1 heterocycles. The minimum absolute atomic E-state index is 0.127. The highest BCUT2D eigenvalue weighted by Gasteiger charge is 2.26. The van der Waals surface area contributed by atoms with Crippen LogP contribution in [0.5, 0.6) is 5.75 Å². The van der Waals surface area contributed by atoms with E-state index < -0.39 is 16.0 Å². The van der Waals surface area contributed by atoms with Crippen LogP contribution < -0.4 is 4.74 Å². The van der Waals surface area contributed by atoms with Gasteiger partial charge in [-0.3, -0.25) is 0 Å². The van der Waals surface area contributed by atoms with Crippen LogP contribution in [0.1, 0.15) is 29.6 Å². The van der Waals surface area contributed by atoms with Crippen molar-refractivity contribution in [3.63, 3.8) is 0 Å². The van der Waals surface area contributed by atoms with Crippen molar-refractivity contribution in [2.75, 3.05) is 13.1 Å². The van der Waals surface area contributed by atoms with Gasteiger partial charge in [-0.2, -0.15) is 4.31 Å². The highest BCUT2D eigenvalue weighted by molar-refractivity contribution is 7.89. The fourth-order valence-electron chi connectivity index (χ4n) is 3.43. The Morgan fingerprint density at radius 2 is 1.57 bits per heavy atom. The molecule has 0 saturated carbocycles. The number of nitrogens with zero attached hydrogens (tertiary/aromatic N) is 1. The number of carbonyl (C=O) groups is 1. The molecule has 0 N–H and O–H groups in total. The normalized spacial score (nSPS) is 15.4. The minimum Gasteiger partial charge on any atom is -0.423 e. The van der Waals surface area contributed by atoms with Gasteiger partial charge in [-0.1, -0.05) is 42.8 Å². The average molecular weight is 395 g/mol. The van der Waals surface area contributed by atoms with Crippen LogP contribution in [-0.4, -0.2) is 31.8 Å². The molecule has 144 valence electrons. The zero-order valence-corrected chi connectivity index (χ0v) is 16.2. The van der Waals surface area contributed by atoms with E-state index in [1.165, 1.54) is 16.4 Å². The molecule has 1 aliphatic rings. The van der Waals surface area contributed by atoms with E-state index >= 15 is 0 Å². The number of carbonyl (C=O) groups excluding carboxylic acids is 1. The number of sulfonamides is 1. The zero-order valence-electron chi connectivity index (χ0n) is 15.4. The van der Waals surface area contributed by atoms with E-state index in [1.54, 1.807) is 24.3 Å². The molecule has 0 atom stereocenters. The summed E-state index contributed by atoms with van der Waals surface area (Å²) < 4.78 is 32.6. The second kappa shape index (κ2) is 7.73. The fourth-order valence-corrected chi connectivity index (χ4v) is 5.00. The summed E-state index contributed by atoms with van der Waals surface area (Å²) in [4.78, 5) is 12.7. The van der Waals surface area contributed by atoms with Crippen molar-refractivity contribution >= 4 is 26.8 Å². The van der Waals surface area contributed by atoms with Crippen molar-refractivity contribution in [1.29, 1.82) is 0 Å². The lowest BCUT2D eigenvalue weighted by Gasteiger charge is -2.25. The molecule has 1 aliphatic heterocycles. The van der Waals surface area contributed by atoms with Gasteiger partial charge in [-0.15, -0.1) is 0 Å². The Morgan fingerprint density at radius 1 is 0.821 bits per heavy atom. The molecule has 3 aromatic rings. The summed E-state index contributed by atoms with van der Waals surface area (Å²) >= 11 is 0. The number of piperidine rings is 1. The lowest BCUT2D eigenvalue weighted by molar-refractivity contribution is 0.0734. The molecule has 0 bridgehead atoms. The van der Waals surface area contributed by atoms with Gasteiger partial charge in [0.15, 0.2) is 0 Å². The molecule has 0 unspecified atom stereocenters. The molecule has 5 nitrogen and oxygen atoms in total. The first-order valence-corrected chi connectivity index (χ1v) is 10.8. The topological polar surface area (TPSA) is 63.7 Å². The third kappa shape index (κ3) is 3.79. The van der Waals surface area contributed by atoms with E-state index in [2.05, 4.69) is 0 Å². The summed E-state index contributed by atoms with van der Waals surface area (Å²) in [5, 5.41) is 2.02. The van der Waals surface area contributed by atoms with Crippen LogP contribution in [0.3, 0.4) is 0 Å². The van der Waals surface area contributed by atoms with Gasteiger partial charge in [-0.25, -0.2) is 13.2 Å². The number of benzene rings is 3. The Hall–Kier alpha value is -2.70. The minimum atomic E-state index is -3.59. The number of hydrogen-bond acceptors (Lipinski definition) is 4. The lowest BCUT2D eigenvalue weighted by atomic mass is 10.1. The molecule has 0 amide bonds. The van der Waals surface area contributed by atoms with Gasteiger partial charge in [0.05, 0.1) is 10.5 Å². The molecule has 0 radical (unpaired) electrons. The van der Waals surface area contributed by atoms with Gasteiger partial charge in [0.25, 0.3) is 0 Å². The third-order valence-electron chi connectivity index (χ3n) is 4.95. The van der Waals surface area contributed by atoms with E-state index in [-0.39, 0.29) is 10.5 Å². The average Bonchev–Trinajstić information content (AvgIpc) is 2.74. The largest absolute Gasteiger partial charge is 0.423 e. The standard InChI is InChI=1S/C22H21NO4S/c24-22(27-20-12-11-17-7-2-3-8-18(17)15-20)19-9-6-10-21(16-19)28(25,26)23-13-4-1-5-14-23/h2-3,6-12,15-16H,1,4-5,13-14H2. The summed E-state index contributed by atoms with van der Waals surface area (Å²) in [6.45, 7) is 1.04. The van der Waals surface area contributed by atoms with Crippen molar-refractivity contribution in [2.45, 2.75) is 24.2 Å². The first kappa shape index (κ1) is 18.7. The van der Waals surface area contributed by atoms with Gasteiger partial charge < -0.3 is 4.74 Å². The second-order valence-electron chi connectivity index (χ2n) is 6.89. The Balaban J connectivity index is 1.57. The summed E-state index contributed by atoms with van der Waals surface area (Å²) in [5.74, 6) is -0.154. The fraction of sp³-hybridized carbons (Fsp3) is 0.227. The van der Waals surface area contributed by atoms with Crippen LogP contribution in [0.2, 0.25) is 0 Å². The van der Waals surface area contributed by atoms with Crippen LogP contribution in [-0.2, 0) is 10.0 Å². The van der Waals surface area contributed by atoms with Crippen molar-refractivity contribution in [1.82, 2.24) is 4.31 Å². The van der Waals surface area contributed by atoms with Crippen LogP contribution >= 0.6 is 0 Å². The maximum Gasteiger partial charge on any atom is 0.343 e. The quantitative estimate of drug-likeness (QED) is 0.490. The van der Waals surface area contributed by atoms with E-state index in [4.69, 9.17) is 4.74 Å². The SMILES string of the molecule is O=C(Oc1ccc2ccccc2c1)c1cccc(S(=O)(=O)N2CCCCC2)c1. The van der Waals surface area contributed by atoms with E-state index in [0.29, 0.717) is 18.8 Å². The smallest absolute Gasteiger partial charge is 0.343 e. The Kier molecular flexibility index (Phi) is 5.15. The van der Waals surface area contributed by atoms with Crippen molar-refractivity contribution in [3.8, 4) is 5.75 Å². The Bertz CT molecular complexity index is 1120. The van der Waals surface area contributed by atoms with Crippen molar-refractivity contribution < 1.29 is 17.9 Å². The van der Waals surface area contributed by atoms with Gasteiger partial charge in [0, 0.05) is 13.1 Å². The number of fused-ring (bicyclic) bond motifs is 1. The first-order valence-electron chi connectivity index (χ1n) is 9.35. The molecule has 0 aliphatic carbocycles. The van der Waals surface area contributed by atoms with Gasteiger partial charge in [0.1, 0.15) is 5.75 Å². The molecule has 0 aromatic heterocycles. The lowest BCUT2D eigenvalue weighted by Crippen LogP contribution is -2.35. The maximum atomic E-state index is 12.8. The summed E-state index contributed by atoms with van der Waals surface area (Å²) in [5.41, 5.74) is 0.214. The van der Waals surface area contributed by atoms with Crippen molar-refractivity contribution in [2.24, 2.45) is 0 Å². The van der Waals surface area contributed by atoms with Gasteiger partial charge >= 0.3 is 5.97 Å². The number of ether oxygens (including phenoxy) is 1. The molecule has 4 rings (SSSR count). The molecule has 6 heteroatoms. The van der Waals surface area contributed by atoms with Crippen LogP contribution in [0.25, 0.3) is 10.8 Å². The van der Waals surface area contributed by atoms with Gasteiger partial charge in [-0.05, 0) is 53.9 Å². The number of esters is 1. The number of hydrogen-bond donors (Lipinski definition) is 0. The first-order chi connectivity index (χ1) is 13.5. The predicted molar refractivity (Wildman–Crippen MR) is 108 cm³/mol. The van der Waals surface area contributed by atoms with Crippen LogP contribution in [0.15, 0.2) is 71.6 Å². The third-order valence-corrected chi connectivity index (χ3v) is 6.85. The Labute approximate surface area is 164 Å². The zero-order chi connectivity index (χ0) is 19.6. The van der Waals surface area contributed by atoms with Crippen LogP contribution in [0.4, 0.5) is 0 Å². The number of rotatable bonds is 4. The molecule has 1 saturated heterocycles. The monoisotopic (exact) mass is 395 g/mol. The molecular formula is C22H21NO4S. The summed E-state index contributed by atoms with van der Waals surface area (Å²) in [6.07, 6.45) is 2.77.